The summed E-state index contributed by atoms with van der Waals surface area (Å²) >= 11 is 5.96. The second kappa shape index (κ2) is 5.26. The van der Waals surface area contributed by atoms with Crippen LogP contribution < -0.4 is 5.32 Å². The molecule has 0 radical (unpaired) electrons. The Kier molecular flexibility index (Phi) is 3.57. The van der Waals surface area contributed by atoms with Crippen molar-refractivity contribution in [3.8, 4) is 0 Å². The average molecular weight is 312 g/mol. The first kappa shape index (κ1) is 14.3. The number of hydrogen-bond donors (Lipinski definition) is 1. The van der Waals surface area contributed by atoms with Crippen molar-refractivity contribution >= 4 is 17.3 Å². The Balaban J connectivity index is 1.81. The molecule has 0 saturated heterocycles. The van der Waals surface area contributed by atoms with Crippen molar-refractivity contribution < 1.29 is 13.2 Å². The van der Waals surface area contributed by atoms with Gasteiger partial charge in [-0.25, -0.2) is 0 Å². The van der Waals surface area contributed by atoms with Gasteiger partial charge in [-0.2, -0.15) is 13.2 Å². The van der Waals surface area contributed by atoms with Crippen LogP contribution in [0.1, 0.15) is 29.2 Å². The van der Waals surface area contributed by atoms with Gasteiger partial charge in [-0.05, 0) is 54.3 Å². The molecule has 0 bridgehead atoms. The maximum absolute atomic E-state index is 12.6. The fourth-order valence-electron chi connectivity index (χ4n) is 2.62. The Morgan fingerprint density at radius 3 is 2.43 bits per heavy atom. The van der Waals surface area contributed by atoms with Gasteiger partial charge in [-0.15, -0.1) is 0 Å². The molecular weight excluding hydrogens is 299 g/mol. The molecule has 21 heavy (non-hydrogen) atoms. The maximum atomic E-state index is 12.6. The monoisotopic (exact) mass is 311 g/mol. The van der Waals surface area contributed by atoms with Crippen LogP contribution in [0.3, 0.4) is 0 Å². The van der Waals surface area contributed by atoms with E-state index in [1.807, 2.05) is 18.2 Å². The third kappa shape index (κ3) is 3.00. The van der Waals surface area contributed by atoms with Gasteiger partial charge in [0.1, 0.15) is 0 Å². The first-order valence-corrected chi connectivity index (χ1v) is 7.03. The van der Waals surface area contributed by atoms with E-state index >= 15 is 0 Å². The van der Waals surface area contributed by atoms with Crippen LogP contribution >= 0.6 is 11.6 Å². The number of nitrogens with one attached hydrogen (secondary N) is 1. The van der Waals surface area contributed by atoms with Gasteiger partial charge in [0.25, 0.3) is 0 Å². The highest BCUT2D eigenvalue weighted by atomic mass is 35.5. The summed E-state index contributed by atoms with van der Waals surface area (Å²) in [6, 6.07) is 11.0. The van der Waals surface area contributed by atoms with Gasteiger partial charge in [-0.3, -0.25) is 0 Å². The Morgan fingerprint density at radius 1 is 1.05 bits per heavy atom. The van der Waals surface area contributed by atoms with Gasteiger partial charge in [-0.1, -0.05) is 23.7 Å². The van der Waals surface area contributed by atoms with E-state index in [2.05, 4.69) is 5.32 Å². The van der Waals surface area contributed by atoms with Gasteiger partial charge in [0.05, 0.1) is 11.6 Å². The molecule has 5 heteroatoms. The molecule has 1 nitrogen and oxygen atoms in total. The summed E-state index contributed by atoms with van der Waals surface area (Å²) in [4.78, 5) is 0. The molecule has 110 valence electrons. The van der Waals surface area contributed by atoms with Crippen LogP contribution in [0.15, 0.2) is 42.5 Å². The molecule has 2 aromatic rings. The highest BCUT2D eigenvalue weighted by Crippen LogP contribution is 2.35. The van der Waals surface area contributed by atoms with E-state index in [1.54, 1.807) is 12.1 Å². The molecule has 0 fully saturated rings. The van der Waals surface area contributed by atoms with Crippen LogP contribution in [0.2, 0.25) is 5.02 Å². The Bertz CT molecular complexity index is 650. The number of hydrogen-bond acceptors (Lipinski definition) is 1. The van der Waals surface area contributed by atoms with Crippen molar-refractivity contribution in [2.45, 2.75) is 25.1 Å². The number of anilines is 1. The molecule has 1 atom stereocenters. The second-order valence-corrected chi connectivity index (χ2v) is 5.59. The predicted molar refractivity (Wildman–Crippen MR) is 77.6 cm³/mol. The third-order valence-electron chi connectivity index (χ3n) is 3.74. The summed E-state index contributed by atoms with van der Waals surface area (Å²) in [5.41, 5.74) is 2.39. The van der Waals surface area contributed by atoms with Crippen molar-refractivity contribution in [1.82, 2.24) is 0 Å². The smallest absolute Gasteiger partial charge is 0.378 e. The fourth-order valence-corrected chi connectivity index (χ4v) is 2.82. The van der Waals surface area contributed by atoms with E-state index in [0.29, 0.717) is 5.02 Å². The minimum absolute atomic E-state index is 0.0287. The summed E-state index contributed by atoms with van der Waals surface area (Å²) in [5, 5.41) is 4.06. The van der Waals surface area contributed by atoms with Crippen molar-refractivity contribution in [2.75, 3.05) is 5.32 Å². The van der Waals surface area contributed by atoms with Crippen molar-refractivity contribution in [3.05, 3.63) is 64.2 Å². The predicted octanol–water partition coefficient (Wildman–Crippen LogP) is 5.46. The summed E-state index contributed by atoms with van der Waals surface area (Å²) in [7, 11) is 0. The Labute approximate surface area is 125 Å². The summed E-state index contributed by atoms with van der Waals surface area (Å²) in [5.74, 6) is 0. The topological polar surface area (TPSA) is 12.0 Å². The number of fused-ring (bicyclic) bond motifs is 1. The van der Waals surface area contributed by atoms with Crippen LogP contribution in [0, 0.1) is 0 Å². The molecule has 1 heterocycles. The van der Waals surface area contributed by atoms with Gasteiger partial charge in [0.2, 0.25) is 0 Å². The summed E-state index contributed by atoms with van der Waals surface area (Å²) in [6.45, 7) is 0. The number of alkyl halides is 3. The first-order valence-electron chi connectivity index (χ1n) is 6.65. The quantitative estimate of drug-likeness (QED) is 0.737. The van der Waals surface area contributed by atoms with Gasteiger partial charge >= 0.3 is 6.18 Å². The normalized spacial score (nSPS) is 18.0. The zero-order chi connectivity index (χ0) is 15.0. The summed E-state index contributed by atoms with van der Waals surface area (Å²) < 4.78 is 37.7. The Hall–Kier alpha value is -1.68. The van der Waals surface area contributed by atoms with Crippen LogP contribution in [0.4, 0.5) is 18.9 Å². The zero-order valence-electron chi connectivity index (χ0n) is 11.0. The molecule has 1 aliphatic rings. The molecule has 2 aromatic carbocycles. The van der Waals surface area contributed by atoms with E-state index in [9.17, 15) is 13.2 Å². The van der Waals surface area contributed by atoms with E-state index in [4.69, 9.17) is 11.6 Å². The lowest BCUT2D eigenvalue weighted by atomic mass is 9.93. The minimum Gasteiger partial charge on any atom is -0.378 e. The molecule has 0 amide bonds. The van der Waals surface area contributed by atoms with Crippen LogP contribution in [-0.4, -0.2) is 0 Å². The van der Waals surface area contributed by atoms with Crippen molar-refractivity contribution in [3.63, 3.8) is 0 Å². The third-order valence-corrected chi connectivity index (χ3v) is 3.97. The highest BCUT2D eigenvalue weighted by Gasteiger charge is 2.30. The Morgan fingerprint density at radius 2 is 1.76 bits per heavy atom. The molecule has 1 N–H and O–H groups in total. The number of benzene rings is 2. The van der Waals surface area contributed by atoms with Crippen LogP contribution in [-0.2, 0) is 12.6 Å². The second-order valence-electron chi connectivity index (χ2n) is 5.16. The lowest BCUT2D eigenvalue weighted by molar-refractivity contribution is -0.137. The van der Waals surface area contributed by atoms with E-state index in [0.717, 1.165) is 41.8 Å². The molecule has 0 saturated carbocycles. The fraction of sp³-hybridized carbons (Fsp3) is 0.250. The molecule has 1 aliphatic heterocycles. The zero-order valence-corrected chi connectivity index (χ0v) is 11.8. The first-order chi connectivity index (χ1) is 9.93. The largest absolute Gasteiger partial charge is 0.416 e. The molecule has 0 unspecified atom stereocenters. The lowest BCUT2D eigenvalue weighted by Crippen LogP contribution is -2.18. The van der Waals surface area contributed by atoms with Crippen molar-refractivity contribution in [2.24, 2.45) is 0 Å². The van der Waals surface area contributed by atoms with Crippen LogP contribution in [0.5, 0.6) is 0 Å². The number of halogens is 4. The van der Waals surface area contributed by atoms with E-state index in [1.165, 1.54) is 0 Å². The standard InChI is InChI=1S/C16H13ClF3N/c17-13-6-8-15-11(9-13)3-7-14(21-15)10-1-4-12(5-2-10)16(18,19)20/h1-2,4-6,8-9,14,21H,3,7H2/t14-/m0/s1. The average Bonchev–Trinajstić information content (AvgIpc) is 2.46. The van der Waals surface area contributed by atoms with Gasteiger partial charge in [0, 0.05) is 10.7 Å². The molecular formula is C16H13ClF3N. The van der Waals surface area contributed by atoms with Gasteiger partial charge in [0.15, 0.2) is 0 Å². The molecule has 3 rings (SSSR count). The maximum Gasteiger partial charge on any atom is 0.416 e. The number of rotatable bonds is 1. The van der Waals surface area contributed by atoms with E-state index in [-0.39, 0.29) is 6.04 Å². The SMILES string of the molecule is FC(F)(F)c1ccc([C@@H]2CCc3cc(Cl)ccc3N2)cc1. The molecule has 0 spiro atoms. The molecule has 0 aromatic heterocycles. The van der Waals surface area contributed by atoms with Crippen LogP contribution in [0.25, 0.3) is 0 Å². The lowest BCUT2D eigenvalue weighted by Gasteiger charge is -2.27. The number of aryl methyl sites for hydroxylation is 1. The van der Waals surface area contributed by atoms with Crippen molar-refractivity contribution in [1.29, 1.82) is 0 Å². The summed E-state index contributed by atoms with van der Waals surface area (Å²) in [6.07, 6.45) is -2.60. The van der Waals surface area contributed by atoms with E-state index < -0.39 is 11.7 Å². The molecule has 0 aliphatic carbocycles. The van der Waals surface area contributed by atoms with Gasteiger partial charge < -0.3 is 5.32 Å². The highest BCUT2D eigenvalue weighted by molar-refractivity contribution is 6.30. The minimum atomic E-state index is -4.29.